The average Bonchev–Trinajstić information content (AvgIpc) is 1.70. The number of hydrogen-bond donors (Lipinski definition) is 0. The Morgan fingerprint density at radius 2 is 0.500 bits per heavy atom. The van der Waals surface area contributed by atoms with Crippen molar-refractivity contribution in [3.8, 4) is 0 Å². The van der Waals surface area contributed by atoms with E-state index in [0.29, 0.717) is 0 Å². The Morgan fingerprint density at radius 3 is 0.500 bits per heavy atom. The quantitative estimate of drug-likeness (QED) is 0.622. The van der Waals surface area contributed by atoms with E-state index >= 15 is 0 Å². The van der Waals surface area contributed by atoms with Gasteiger partial charge in [0.15, 0.2) is 0 Å². The van der Waals surface area contributed by atoms with Gasteiger partial charge in [0.1, 0.15) is 0 Å². The summed E-state index contributed by atoms with van der Waals surface area (Å²) in [5.74, 6) is 0. The van der Waals surface area contributed by atoms with Crippen molar-refractivity contribution in [3.05, 3.63) is 16.0 Å². The summed E-state index contributed by atoms with van der Waals surface area (Å²) in [5, 5.41) is 10.5. The minimum Gasteiger partial charge on any atom is -0.668 e. The van der Waals surface area contributed by atoms with Gasteiger partial charge < -0.3 is 16.0 Å². The zero-order valence-corrected chi connectivity index (χ0v) is 11.2. The second-order valence-electron chi connectivity index (χ2n) is 1.34. The van der Waals surface area contributed by atoms with E-state index in [1.165, 1.54) is 0 Å². The minimum atomic E-state index is 0. The van der Waals surface area contributed by atoms with Gasteiger partial charge in [0.25, 0.3) is 0 Å². The standard InChI is InChI=1S/3C2H6N.In/c3*1-3-2;/h3*1-2H3;/q3*-1;+3. The van der Waals surface area contributed by atoms with Crippen LogP contribution in [0.2, 0.25) is 0 Å². The summed E-state index contributed by atoms with van der Waals surface area (Å²) in [6, 6.07) is 0. The van der Waals surface area contributed by atoms with Crippen molar-refractivity contribution in [3.63, 3.8) is 0 Å². The molecule has 0 unspecified atom stereocenters. The van der Waals surface area contributed by atoms with Crippen molar-refractivity contribution < 1.29 is 0 Å². The molecule has 0 heterocycles. The van der Waals surface area contributed by atoms with Gasteiger partial charge in [0, 0.05) is 0 Å². The van der Waals surface area contributed by atoms with E-state index < -0.39 is 0 Å². The maximum absolute atomic E-state index is 3.50. The molecule has 0 N–H and O–H groups in total. The van der Waals surface area contributed by atoms with Crippen LogP contribution in [0.3, 0.4) is 0 Å². The van der Waals surface area contributed by atoms with Crippen molar-refractivity contribution in [2.24, 2.45) is 0 Å². The predicted molar refractivity (Wildman–Crippen MR) is 51.4 cm³/mol. The molecule has 0 saturated heterocycles. The fourth-order valence-electron chi connectivity index (χ4n) is 0. The summed E-state index contributed by atoms with van der Waals surface area (Å²) >= 11 is 0. The molecule has 0 rings (SSSR count). The summed E-state index contributed by atoms with van der Waals surface area (Å²) in [5.41, 5.74) is 0. The van der Waals surface area contributed by atoms with Crippen LogP contribution in [-0.4, -0.2) is 68.1 Å². The van der Waals surface area contributed by atoms with Crippen molar-refractivity contribution in [2.45, 2.75) is 0 Å². The molecular weight excluding hydrogens is 229 g/mol. The molecule has 60 valence electrons. The molecule has 0 fully saturated rings. The second-order valence-corrected chi connectivity index (χ2v) is 1.34. The van der Waals surface area contributed by atoms with Gasteiger partial charge in [-0.2, -0.15) is 42.3 Å². The van der Waals surface area contributed by atoms with Crippen molar-refractivity contribution in [1.29, 1.82) is 0 Å². The van der Waals surface area contributed by atoms with E-state index in [1.807, 2.05) is 0 Å². The Kier molecular flexibility index (Phi) is 119. The van der Waals surface area contributed by atoms with E-state index in [9.17, 15) is 0 Å². The van der Waals surface area contributed by atoms with E-state index in [0.717, 1.165) is 0 Å². The van der Waals surface area contributed by atoms with Crippen LogP contribution < -0.4 is 0 Å². The van der Waals surface area contributed by atoms with E-state index in [-0.39, 0.29) is 25.8 Å². The third-order valence-electron chi connectivity index (χ3n) is 0. The molecule has 10 heavy (non-hydrogen) atoms. The van der Waals surface area contributed by atoms with Gasteiger partial charge in [0.05, 0.1) is 0 Å². The Hall–Kier alpha value is 0.750. The first-order valence-electron chi connectivity index (χ1n) is 2.68. The van der Waals surface area contributed by atoms with Crippen LogP contribution in [-0.2, 0) is 0 Å². The summed E-state index contributed by atoms with van der Waals surface area (Å²) in [6.07, 6.45) is 0. The summed E-state index contributed by atoms with van der Waals surface area (Å²) in [7, 11) is 10.5. The van der Waals surface area contributed by atoms with Crippen LogP contribution >= 0.6 is 0 Å². The first-order chi connectivity index (χ1) is 4.24. The number of nitrogens with zero attached hydrogens (tertiary/aromatic N) is 3. The monoisotopic (exact) mass is 247 g/mol. The third kappa shape index (κ3) is 934. The topological polar surface area (TPSA) is 42.3 Å². The van der Waals surface area contributed by atoms with Crippen LogP contribution in [0.4, 0.5) is 0 Å². The Morgan fingerprint density at radius 1 is 0.500 bits per heavy atom. The van der Waals surface area contributed by atoms with Crippen LogP contribution in [0, 0.1) is 0 Å². The minimum absolute atomic E-state index is 0. The smallest absolute Gasteiger partial charge is 0.668 e. The second kappa shape index (κ2) is 53.1. The summed E-state index contributed by atoms with van der Waals surface area (Å²) in [4.78, 5) is 0. The molecule has 0 aliphatic heterocycles. The van der Waals surface area contributed by atoms with Gasteiger partial charge in [-0.3, -0.25) is 0 Å². The maximum Gasteiger partial charge on any atom is 3.00 e. The Balaban J connectivity index is -0.0000000257. The average molecular weight is 247 g/mol. The Labute approximate surface area is 84.1 Å². The fraction of sp³-hybridized carbons (Fsp3) is 1.00. The zero-order valence-electron chi connectivity index (χ0n) is 7.92. The van der Waals surface area contributed by atoms with Gasteiger partial charge in [-0.05, 0) is 0 Å². The van der Waals surface area contributed by atoms with Gasteiger partial charge in [-0.25, -0.2) is 0 Å². The summed E-state index contributed by atoms with van der Waals surface area (Å²) in [6.45, 7) is 0. The molecule has 0 aromatic carbocycles. The Bertz CT molecular complexity index is 17.7. The molecule has 0 saturated carbocycles. The molecule has 0 bridgehead atoms. The molecule has 0 amide bonds. The summed E-state index contributed by atoms with van der Waals surface area (Å²) < 4.78 is 0. The third-order valence-corrected chi connectivity index (χ3v) is 0. The first kappa shape index (κ1) is 22.4. The molecule has 0 aliphatic carbocycles. The number of rotatable bonds is 0. The normalized spacial score (nSPS) is 5.40. The van der Waals surface area contributed by atoms with E-state index in [4.69, 9.17) is 0 Å². The first-order valence-corrected chi connectivity index (χ1v) is 2.68. The van der Waals surface area contributed by atoms with Crippen LogP contribution in [0.15, 0.2) is 0 Å². The van der Waals surface area contributed by atoms with Crippen molar-refractivity contribution >= 4 is 25.8 Å². The van der Waals surface area contributed by atoms with E-state index in [2.05, 4.69) is 16.0 Å². The van der Waals surface area contributed by atoms with Gasteiger partial charge in [-0.15, -0.1) is 0 Å². The molecule has 0 radical (unpaired) electrons. The predicted octanol–water partition coefficient (Wildman–Crippen LogP) is 1.48. The molecule has 0 atom stereocenters. The SMILES string of the molecule is C[N-]C.C[N-]C.C[N-]C.[In+3]. The van der Waals surface area contributed by atoms with Crippen molar-refractivity contribution in [2.75, 3.05) is 42.3 Å². The largest absolute Gasteiger partial charge is 3.00 e. The van der Waals surface area contributed by atoms with Crippen molar-refractivity contribution in [1.82, 2.24) is 0 Å². The molecule has 0 spiro atoms. The molecule has 0 aliphatic rings. The van der Waals surface area contributed by atoms with Crippen LogP contribution in [0.25, 0.3) is 16.0 Å². The van der Waals surface area contributed by atoms with E-state index in [1.54, 1.807) is 42.3 Å². The molecule has 0 aromatic rings. The number of hydrogen-bond acceptors (Lipinski definition) is 0. The van der Waals surface area contributed by atoms with Gasteiger partial charge >= 0.3 is 25.8 Å². The van der Waals surface area contributed by atoms with Crippen LogP contribution in [0.5, 0.6) is 0 Å². The molecule has 3 nitrogen and oxygen atoms in total. The van der Waals surface area contributed by atoms with Gasteiger partial charge in [-0.1, -0.05) is 0 Å². The zero-order chi connectivity index (χ0) is 8.12. The molecular formula is C6H18InN3. The fourth-order valence-corrected chi connectivity index (χ4v) is 0. The van der Waals surface area contributed by atoms with Gasteiger partial charge in [0.2, 0.25) is 0 Å². The molecule has 4 heteroatoms. The maximum atomic E-state index is 3.50. The van der Waals surface area contributed by atoms with Crippen LogP contribution in [0.1, 0.15) is 0 Å². The molecule has 0 aromatic heterocycles.